The molecule has 0 aromatic heterocycles. The SMILES string of the molecule is COC(=O)C1=C(C)NC2=C(C(=O)C[C@H](c3ccccc3)C2)[C@H]1c1ccc2c(c1)OCO2. The monoisotopic (exact) mass is 417 g/mol. The minimum Gasteiger partial charge on any atom is -0.466 e. The molecule has 2 aliphatic heterocycles. The van der Waals surface area contributed by atoms with Crippen molar-refractivity contribution < 1.29 is 23.8 Å². The molecule has 2 aromatic rings. The molecule has 0 amide bonds. The van der Waals surface area contributed by atoms with Gasteiger partial charge in [-0.15, -0.1) is 0 Å². The van der Waals surface area contributed by atoms with Crippen molar-refractivity contribution >= 4 is 11.8 Å². The molecule has 0 bridgehead atoms. The topological polar surface area (TPSA) is 73.9 Å². The van der Waals surface area contributed by atoms with Crippen LogP contribution in [0.5, 0.6) is 11.5 Å². The molecule has 0 unspecified atom stereocenters. The van der Waals surface area contributed by atoms with Gasteiger partial charge in [0.25, 0.3) is 0 Å². The van der Waals surface area contributed by atoms with Gasteiger partial charge in [0.2, 0.25) is 6.79 Å². The van der Waals surface area contributed by atoms with Crippen LogP contribution in [-0.2, 0) is 14.3 Å². The van der Waals surface area contributed by atoms with Crippen molar-refractivity contribution in [1.29, 1.82) is 0 Å². The maximum absolute atomic E-state index is 13.5. The summed E-state index contributed by atoms with van der Waals surface area (Å²) < 4.78 is 16.1. The Kier molecular flexibility index (Phi) is 4.77. The third-order valence-electron chi connectivity index (χ3n) is 6.23. The molecule has 3 aliphatic rings. The van der Waals surface area contributed by atoms with Gasteiger partial charge in [-0.05, 0) is 42.5 Å². The lowest BCUT2D eigenvalue weighted by Crippen LogP contribution is -2.36. The number of carbonyl (C=O) groups excluding carboxylic acids is 2. The first-order chi connectivity index (χ1) is 15.1. The highest BCUT2D eigenvalue weighted by atomic mass is 16.7. The van der Waals surface area contributed by atoms with E-state index in [9.17, 15) is 9.59 Å². The Morgan fingerprint density at radius 3 is 2.58 bits per heavy atom. The van der Waals surface area contributed by atoms with Gasteiger partial charge >= 0.3 is 5.97 Å². The molecule has 0 fully saturated rings. The molecule has 2 aromatic carbocycles. The average Bonchev–Trinajstić information content (AvgIpc) is 3.26. The number of carbonyl (C=O) groups is 2. The van der Waals surface area contributed by atoms with Gasteiger partial charge in [-0.1, -0.05) is 36.4 Å². The van der Waals surface area contributed by atoms with E-state index in [0.717, 1.165) is 16.8 Å². The number of nitrogens with one attached hydrogen (secondary N) is 1. The van der Waals surface area contributed by atoms with Crippen LogP contribution in [0.2, 0.25) is 0 Å². The zero-order valence-electron chi connectivity index (χ0n) is 17.4. The molecule has 0 saturated heterocycles. The largest absolute Gasteiger partial charge is 0.466 e. The molecule has 5 rings (SSSR count). The Morgan fingerprint density at radius 2 is 1.81 bits per heavy atom. The quantitative estimate of drug-likeness (QED) is 0.763. The third kappa shape index (κ3) is 3.28. The Morgan fingerprint density at radius 1 is 1.03 bits per heavy atom. The molecule has 2 atom stereocenters. The van der Waals surface area contributed by atoms with Gasteiger partial charge in [0.05, 0.1) is 12.7 Å². The van der Waals surface area contributed by atoms with Crippen LogP contribution >= 0.6 is 0 Å². The van der Waals surface area contributed by atoms with Crippen molar-refractivity contribution in [2.24, 2.45) is 0 Å². The number of hydrogen-bond donors (Lipinski definition) is 1. The van der Waals surface area contributed by atoms with Crippen LogP contribution in [-0.4, -0.2) is 25.7 Å². The van der Waals surface area contributed by atoms with Gasteiger partial charge in [-0.2, -0.15) is 0 Å². The lowest BCUT2D eigenvalue weighted by Gasteiger charge is -2.36. The maximum atomic E-state index is 13.5. The van der Waals surface area contributed by atoms with Crippen LogP contribution in [0.1, 0.15) is 42.7 Å². The number of allylic oxidation sites excluding steroid dienone is 3. The summed E-state index contributed by atoms with van der Waals surface area (Å²) in [6.07, 6.45) is 1.11. The number of hydrogen-bond acceptors (Lipinski definition) is 6. The van der Waals surface area contributed by atoms with Crippen molar-refractivity contribution in [1.82, 2.24) is 5.32 Å². The Bertz CT molecular complexity index is 1130. The fourth-order valence-electron chi connectivity index (χ4n) is 4.81. The molecular weight excluding hydrogens is 394 g/mol. The minimum atomic E-state index is -0.512. The summed E-state index contributed by atoms with van der Waals surface area (Å²) in [5.41, 5.74) is 4.62. The van der Waals surface area contributed by atoms with Crippen LogP contribution in [0.15, 0.2) is 71.1 Å². The zero-order valence-corrected chi connectivity index (χ0v) is 17.4. The van der Waals surface area contributed by atoms with Gasteiger partial charge in [0.1, 0.15) is 0 Å². The summed E-state index contributed by atoms with van der Waals surface area (Å²) in [4.78, 5) is 26.2. The molecule has 1 N–H and O–H groups in total. The van der Waals surface area contributed by atoms with Gasteiger partial charge in [0.15, 0.2) is 17.3 Å². The molecule has 6 nitrogen and oxygen atoms in total. The molecular formula is C25H23NO5. The van der Waals surface area contributed by atoms with Gasteiger partial charge < -0.3 is 19.5 Å². The van der Waals surface area contributed by atoms with Crippen LogP contribution in [0, 0.1) is 0 Å². The van der Waals surface area contributed by atoms with Crippen molar-refractivity contribution in [2.75, 3.05) is 13.9 Å². The molecule has 2 heterocycles. The van der Waals surface area contributed by atoms with Crippen LogP contribution in [0.3, 0.4) is 0 Å². The number of ketones is 1. The van der Waals surface area contributed by atoms with E-state index in [4.69, 9.17) is 14.2 Å². The molecule has 0 saturated carbocycles. The molecule has 1 aliphatic carbocycles. The lowest BCUT2D eigenvalue weighted by atomic mass is 9.71. The van der Waals surface area contributed by atoms with Crippen molar-refractivity contribution in [3.05, 3.63) is 82.2 Å². The van der Waals surface area contributed by atoms with E-state index >= 15 is 0 Å². The number of Topliss-reactive ketones (excluding diaryl/α,β-unsaturated/α-hetero) is 1. The van der Waals surface area contributed by atoms with Crippen LogP contribution in [0.4, 0.5) is 0 Å². The third-order valence-corrected chi connectivity index (χ3v) is 6.23. The number of esters is 1. The fraction of sp³-hybridized carbons (Fsp3) is 0.280. The number of methoxy groups -OCH3 is 1. The number of dihydropyridines is 1. The van der Waals surface area contributed by atoms with E-state index in [2.05, 4.69) is 17.4 Å². The molecule has 0 spiro atoms. The van der Waals surface area contributed by atoms with E-state index in [0.29, 0.717) is 41.2 Å². The molecule has 31 heavy (non-hydrogen) atoms. The minimum absolute atomic E-state index is 0.0409. The average molecular weight is 417 g/mol. The van der Waals surface area contributed by atoms with Crippen LogP contribution < -0.4 is 14.8 Å². The Hall–Kier alpha value is -3.54. The second-order valence-corrected chi connectivity index (χ2v) is 8.03. The van der Waals surface area contributed by atoms with Crippen molar-refractivity contribution in [3.8, 4) is 11.5 Å². The first-order valence-corrected chi connectivity index (χ1v) is 10.3. The summed E-state index contributed by atoms with van der Waals surface area (Å²) in [6, 6.07) is 15.7. The number of benzene rings is 2. The highest BCUT2D eigenvalue weighted by Crippen LogP contribution is 2.47. The van der Waals surface area contributed by atoms with Gasteiger partial charge in [-0.3, -0.25) is 4.79 Å². The first-order valence-electron chi connectivity index (χ1n) is 10.3. The predicted octanol–water partition coefficient (Wildman–Crippen LogP) is 3.95. The number of ether oxygens (including phenoxy) is 3. The van der Waals surface area contributed by atoms with E-state index in [-0.39, 0.29) is 18.5 Å². The summed E-state index contributed by atoms with van der Waals surface area (Å²) in [5, 5.41) is 3.35. The van der Waals surface area contributed by atoms with E-state index in [1.54, 1.807) is 0 Å². The zero-order chi connectivity index (χ0) is 21.5. The highest BCUT2D eigenvalue weighted by molar-refractivity contribution is 6.04. The second kappa shape index (κ2) is 7.61. The molecule has 158 valence electrons. The summed E-state index contributed by atoms with van der Waals surface area (Å²) >= 11 is 0. The van der Waals surface area contributed by atoms with Crippen molar-refractivity contribution in [3.63, 3.8) is 0 Å². The number of rotatable bonds is 3. The fourth-order valence-corrected chi connectivity index (χ4v) is 4.81. The van der Waals surface area contributed by atoms with E-state index in [1.807, 2.05) is 43.3 Å². The predicted molar refractivity (Wildman–Crippen MR) is 114 cm³/mol. The number of fused-ring (bicyclic) bond motifs is 1. The van der Waals surface area contributed by atoms with E-state index in [1.165, 1.54) is 7.11 Å². The lowest BCUT2D eigenvalue weighted by molar-refractivity contribution is -0.136. The van der Waals surface area contributed by atoms with Crippen molar-refractivity contribution in [2.45, 2.75) is 31.6 Å². The highest BCUT2D eigenvalue weighted by Gasteiger charge is 2.41. The first kappa shape index (κ1) is 19.4. The maximum Gasteiger partial charge on any atom is 0.336 e. The molecule has 6 heteroatoms. The summed E-state index contributed by atoms with van der Waals surface area (Å²) in [6.45, 7) is 2.02. The van der Waals surface area contributed by atoms with Gasteiger partial charge in [0, 0.05) is 29.3 Å². The van der Waals surface area contributed by atoms with Crippen LogP contribution in [0.25, 0.3) is 0 Å². The van der Waals surface area contributed by atoms with Gasteiger partial charge in [-0.25, -0.2) is 4.79 Å². The Labute approximate surface area is 180 Å². The standard InChI is InChI=1S/C25H23NO5/c1-14-22(25(28)29-2)23(16-8-9-20-21(12-16)31-13-30-20)24-18(26-14)10-17(11-19(24)27)15-6-4-3-5-7-15/h3-9,12,17,23,26H,10-11,13H2,1-2H3/t17-,23+/m1/s1. The summed E-state index contributed by atoms with van der Waals surface area (Å²) in [5.74, 6) is 0.459. The normalized spacial score (nSPS) is 22.2. The summed E-state index contributed by atoms with van der Waals surface area (Å²) in [7, 11) is 1.36. The smallest absolute Gasteiger partial charge is 0.336 e. The second-order valence-electron chi connectivity index (χ2n) is 8.03. The van der Waals surface area contributed by atoms with E-state index < -0.39 is 11.9 Å². The molecule has 0 radical (unpaired) electrons. The Balaban J connectivity index is 1.61.